The van der Waals surface area contributed by atoms with Crippen LogP contribution in [0.4, 0.5) is 4.39 Å². The predicted molar refractivity (Wildman–Crippen MR) is 88.6 cm³/mol. The van der Waals surface area contributed by atoms with Crippen LogP contribution in [0.5, 0.6) is 0 Å². The second kappa shape index (κ2) is 6.54. The topological polar surface area (TPSA) is 74.8 Å². The number of aromatic nitrogens is 2. The number of pyridine rings is 1. The first-order chi connectivity index (χ1) is 11.5. The van der Waals surface area contributed by atoms with E-state index < -0.39 is 15.7 Å². The van der Waals surface area contributed by atoms with Gasteiger partial charge in [0, 0.05) is 35.8 Å². The third kappa shape index (κ3) is 2.95. The summed E-state index contributed by atoms with van der Waals surface area (Å²) in [6.45, 7) is 0.333. The Labute approximate surface area is 139 Å². The number of hydrogen-bond acceptors (Lipinski definition) is 4. The highest BCUT2D eigenvalue weighted by Gasteiger charge is 2.25. The van der Waals surface area contributed by atoms with E-state index in [9.17, 15) is 12.8 Å². The zero-order chi connectivity index (χ0) is 17.2. The molecule has 0 aliphatic heterocycles. The van der Waals surface area contributed by atoms with Gasteiger partial charge in [0.05, 0.1) is 4.90 Å². The van der Waals surface area contributed by atoms with Crippen LogP contribution in [-0.4, -0.2) is 25.4 Å². The zero-order valence-electron chi connectivity index (χ0n) is 13.0. The van der Waals surface area contributed by atoms with E-state index in [4.69, 9.17) is 0 Å². The minimum Gasteiger partial charge on any atom is -0.345 e. The molecule has 0 aliphatic carbocycles. The van der Waals surface area contributed by atoms with Gasteiger partial charge in [0.15, 0.2) is 0 Å². The Morgan fingerprint density at radius 1 is 1.21 bits per heavy atom. The molecule has 0 saturated carbocycles. The van der Waals surface area contributed by atoms with Crippen molar-refractivity contribution in [3.05, 3.63) is 66.2 Å². The fourth-order valence-corrected chi connectivity index (χ4v) is 3.90. The van der Waals surface area contributed by atoms with E-state index in [1.807, 2.05) is 0 Å². The third-order valence-corrected chi connectivity index (χ3v) is 5.37. The summed E-state index contributed by atoms with van der Waals surface area (Å²) in [5.41, 5.74) is 1.28. The van der Waals surface area contributed by atoms with Crippen LogP contribution in [0.25, 0.3) is 11.3 Å². The Bertz CT molecular complexity index is 953. The van der Waals surface area contributed by atoms with Gasteiger partial charge < -0.3 is 10.3 Å². The Morgan fingerprint density at radius 3 is 2.67 bits per heavy atom. The summed E-state index contributed by atoms with van der Waals surface area (Å²) in [5.74, 6) is -0.417. The first-order valence-electron chi connectivity index (χ1n) is 7.30. The summed E-state index contributed by atoms with van der Waals surface area (Å²) in [5, 5.41) is 2.98. The number of aromatic amines is 1. The number of halogens is 1. The van der Waals surface area contributed by atoms with Gasteiger partial charge in [-0.25, -0.2) is 12.8 Å². The number of hydrogen-bond donors (Lipinski definition) is 2. The van der Waals surface area contributed by atoms with Crippen LogP contribution in [0.1, 0.15) is 5.56 Å². The predicted octanol–water partition coefficient (Wildman–Crippen LogP) is 2.77. The monoisotopic (exact) mass is 345 g/mol. The summed E-state index contributed by atoms with van der Waals surface area (Å²) in [6.07, 6.45) is 2.80. The Hall–Kier alpha value is -2.51. The molecule has 3 aromatic rings. The lowest BCUT2D eigenvalue weighted by Crippen LogP contribution is -2.10. The van der Waals surface area contributed by atoms with E-state index in [1.54, 1.807) is 37.4 Å². The SMILES string of the molecule is CNCc1cc(-c2ccccc2F)[nH]c1S(=O)(=O)c1cccnc1. The van der Waals surface area contributed by atoms with Crippen molar-refractivity contribution in [1.82, 2.24) is 15.3 Å². The van der Waals surface area contributed by atoms with Crippen molar-refractivity contribution in [2.45, 2.75) is 16.5 Å². The van der Waals surface area contributed by atoms with E-state index in [-0.39, 0.29) is 9.92 Å². The van der Waals surface area contributed by atoms with Crippen LogP contribution >= 0.6 is 0 Å². The van der Waals surface area contributed by atoms with Crippen molar-refractivity contribution in [1.29, 1.82) is 0 Å². The fraction of sp³-hybridized carbons (Fsp3) is 0.118. The molecule has 124 valence electrons. The molecule has 0 atom stereocenters. The zero-order valence-corrected chi connectivity index (χ0v) is 13.8. The molecule has 0 spiro atoms. The van der Waals surface area contributed by atoms with Crippen molar-refractivity contribution in [2.24, 2.45) is 0 Å². The largest absolute Gasteiger partial charge is 0.345 e. The molecule has 7 heteroatoms. The van der Waals surface area contributed by atoms with Crippen molar-refractivity contribution in [2.75, 3.05) is 7.05 Å². The summed E-state index contributed by atoms with van der Waals surface area (Å²) in [6, 6.07) is 10.9. The molecule has 0 aliphatic rings. The van der Waals surface area contributed by atoms with Gasteiger partial charge in [0.1, 0.15) is 10.8 Å². The van der Waals surface area contributed by atoms with Crippen LogP contribution in [0.3, 0.4) is 0 Å². The maximum absolute atomic E-state index is 14.0. The Balaban J connectivity index is 2.16. The second-order valence-electron chi connectivity index (χ2n) is 5.24. The molecule has 0 amide bonds. The number of rotatable bonds is 5. The fourth-order valence-electron chi connectivity index (χ4n) is 2.49. The van der Waals surface area contributed by atoms with Crippen molar-refractivity contribution in [3.63, 3.8) is 0 Å². The first kappa shape index (κ1) is 16.4. The second-order valence-corrected chi connectivity index (χ2v) is 7.13. The number of nitrogens with one attached hydrogen (secondary N) is 2. The molecule has 3 rings (SSSR count). The third-order valence-electron chi connectivity index (χ3n) is 3.60. The van der Waals surface area contributed by atoms with Crippen molar-refractivity contribution < 1.29 is 12.8 Å². The summed E-state index contributed by atoms with van der Waals surface area (Å²) in [7, 11) is -2.05. The Morgan fingerprint density at radius 2 is 2.00 bits per heavy atom. The highest BCUT2D eigenvalue weighted by Crippen LogP contribution is 2.29. The van der Waals surface area contributed by atoms with Crippen LogP contribution < -0.4 is 5.32 Å². The summed E-state index contributed by atoms with van der Waals surface area (Å²) >= 11 is 0. The van der Waals surface area contributed by atoms with Crippen LogP contribution in [-0.2, 0) is 16.4 Å². The molecule has 0 fully saturated rings. The van der Waals surface area contributed by atoms with E-state index >= 15 is 0 Å². The molecule has 2 aromatic heterocycles. The standard InChI is InChI=1S/C17H16FN3O2S/c1-19-10-12-9-16(14-6-2-3-7-15(14)18)21-17(12)24(22,23)13-5-4-8-20-11-13/h2-9,11,19,21H,10H2,1H3. The molecular weight excluding hydrogens is 329 g/mol. The molecule has 2 N–H and O–H groups in total. The molecule has 5 nitrogen and oxygen atoms in total. The van der Waals surface area contributed by atoms with Gasteiger partial charge in [0.25, 0.3) is 0 Å². The lowest BCUT2D eigenvalue weighted by Gasteiger charge is -2.05. The number of nitrogens with zero attached hydrogens (tertiary/aromatic N) is 1. The molecule has 0 saturated heterocycles. The Kier molecular flexibility index (Phi) is 4.46. The molecule has 0 bridgehead atoms. The van der Waals surface area contributed by atoms with Crippen LogP contribution in [0, 0.1) is 5.82 Å². The quantitative estimate of drug-likeness (QED) is 0.746. The lowest BCUT2D eigenvalue weighted by atomic mass is 10.1. The maximum atomic E-state index is 14.0. The molecule has 0 unspecified atom stereocenters. The first-order valence-corrected chi connectivity index (χ1v) is 8.79. The molecule has 1 aromatic carbocycles. The van der Waals surface area contributed by atoms with Gasteiger partial charge >= 0.3 is 0 Å². The minimum absolute atomic E-state index is 0.0445. The summed E-state index contributed by atoms with van der Waals surface area (Å²) in [4.78, 5) is 6.82. The molecule has 0 radical (unpaired) electrons. The van der Waals surface area contributed by atoms with Crippen molar-refractivity contribution in [3.8, 4) is 11.3 Å². The van der Waals surface area contributed by atoms with Gasteiger partial charge in [-0.3, -0.25) is 4.98 Å². The summed E-state index contributed by atoms with van der Waals surface area (Å²) < 4.78 is 39.8. The molecular formula is C17H16FN3O2S. The van der Waals surface area contributed by atoms with Gasteiger partial charge in [-0.2, -0.15) is 0 Å². The van der Waals surface area contributed by atoms with Gasteiger partial charge in [0.2, 0.25) is 9.84 Å². The van der Waals surface area contributed by atoms with Crippen molar-refractivity contribution >= 4 is 9.84 Å². The van der Waals surface area contributed by atoms with E-state index in [2.05, 4.69) is 15.3 Å². The lowest BCUT2D eigenvalue weighted by molar-refractivity contribution is 0.590. The average Bonchev–Trinajstić information content (AvgIpc) is 3.01. The highest BCUT2D eigenvalue weighted by atomic mass is 32.2. The normalized spacial score (nSPS) is 11.6. The van der Waals surface area contributed by atoms with E-state index in [0.717, 1.165) is 0 Å². The van der Waals surface area contributed by atoms with Crippen LogP contribution in [0.2, 0.25) is 0 Å². The highest BCUT2D eigenvalue weighted by molar-refractivity contribution is 7.91. The van der Waals surface area contributed by atoms with Gasteiger partial charge in [-0.05, 0) is 37.4 Å². The molecule has 2 heterocycles. The smallest absolute Gasteiger partial charge is 0.223 e. The van der Waals surface area contributed by atoms with Crippen LogP contribution in [0.15, 0.2) is 64.8 Å². The maximum Gasteiger partial charge on any atom is 0.223 e. The number of benzene rings is 1. The van der Waals surface area contributed by atoms with E-state index in [0.29, 0.717) is 23.4 Å². The van der Waals surface area contributed by atoms with Gasteiger partial charge in [-0.15, -0.1) is 0 Å². The average molecular weight is 345 g/mol. The number of sulfone groups is 1. The van der Waals surface area contributed by atoms with E-state index in [1.165, 1.54) is 24.5 Å². The minimum atomic E-state index is -3.77. The van der Waals surface area contributed by atoms with Gasteiger partial charge in [-0.1, -0.05) is 12.1 Å². The molecule has 24 heavy (non-hydrogen) atoms. The number of H-pyrrole nitrogens is 1.